The quantitative estimate of drug-likeness (QED) is 0.860. The summed E-state index contributed by atoms with van der Waals surface area (Å²) in [6.07, 6.45) is 0. The third kappa shape index (κ3) is 3.66. The fourth-order valence-electron chi connectivity index (χ4n) is 2.25. The minimum absolute atomic E-state index is 0.0121. The zero-order valence-corrected chi connectivity index (χ0v) is 11.6. The molecule has 2 heteroatoms. The van der Waals surface area contributed by atoms with Crippen LogP contribution in [-0.4, -0.2) is 11.7 Å². The molecule has 2 N–H and O–H groups in total. The van der Waals surface area contributed by atoms with Gasteiger partial charge in [0.2, 0.25) is 0 Å². The van der Waals surface area contributed by atoms with Crippen molar-refractivity contribution >= 4 is 0 Å². The Morgan fingerprint density at radius 1 is 1.05 bits per heavy atom. The number of rotatable bonds is 5. The lowest BCUT2D eigenvalue weighted by Gasteiger charge is -2.17. The molecule has 19 heavy (non-hydrogen) atoms. The van der Waals surface area contributed by atoms with Crippen molar-refractivity contribution < 1.29 is 5.11 Å². The lowest BCUT2D eigenvalue weighted by atomic mass is 10.0. The lowest BCUT2D eigenvalue weighted by molar-refractivity contribution is 0.243. The molecule has 0 fully saturated rings. The summed E-state index contributed by atoms with van der Waals surface area (Å²) in [7, 11) is 0. The highest BCUT2D eigenvalue weighted by Gasteiger charge is 2.09. The Hall–Kier alpha value is -1.64. The Labute approximate surface area is 115 Å². The number of benzene rings is 2. The van der Waals surface area contributed by atoms with Crippen molar-refractivity contribution in [3.63, 3.8) is 0 Å². The Morgan fingerprint density at radius 2 is 1.79 bits per heavy atom. The molecule has 0 saturated heterocycles. The predicted octanol–water partition coefficient (Wildman–Crippen LogP) is 3.13. The number of nitrogens with one attached hydrogen (secondary N) is 1. The van der Waals surface area contributed by atoms with Gasteiger partial charge in [0.1, 0.15) is 0 Å². The third-order valence-corrected chi connectivity index (χ3v) is 3.42. The van der Waals surface area contributed by atoms with Crippen molar-refractivity contribution in [2.75, 3.05) is 6.61 Å². The predicted molar refractivity (Wildman–Crippen MR) is 79.0 cm³/mol. The first-order valence-corrected chi connectivity index (χ1v) is 6.66. The van der Waals surface area contributed by atoms with E-state index in [-0.39, 0.29) is 12.6 Å². The maximum atomic E-state index is 9.51. The van der Waals surface area contributed by atoms with Gasteiger partial charge in [0.15, 0.2) is 0 Å². The molecule has 0 aliphatic heterocycles. The molecule has 0 spiro atoms. The Morgan fingerprint density at radius 3 is 2.42 bits per heavy atom. The average molecular weight is 255 g/mol. The van der Waals surface area contributed by atoms with Crippen molar-refractivity contribution in [2.24, 2.45) is 0 Å². The molecule has 2 rings (SSSR count). The van der Waals surface area contributed by atoms with Gasteiger partial charge in [0, 0.05) is 6.54 Å². The second-order valence-corrected chi connectivity index (χ2v) is 4.96. The van der Waals surface area contributed by atoms with Crippen LogP contribution in [0.15, 0.2) is 48.5 Å². The van der Waals surface area contributed by atoms with Gasteiger partial charge in [0.25, 0.3) is 0 Å². The van der Waals surface area contributed by atoms with E-state index in [4.69, 9.17) is 0 Å². The standard InChI is InChI=1S/C17H21NO/c1-13-8-9-16(14(2)10-13)11-18-17(12-19)15-6-4-3-5-7-15/h3-10,17-19H,11-12H2,1-2H3/t17-/m0/s1. The van der Waals surface area contributed by atoms with E-state index in [1.165, 1.54) is 16.7 Å². The number of hydrogen-bond donors (Lipinski definition) is 2. The zero-order valence-electron chi connectivity index (χ0n) is 11.6. The van der Waals surface area contributed by atoms with Crippen LogP contribution in [0.5, 0.6) is 0 Å². The maximum Gasteiger partial charge on any atom is 0.0626 e. The summed E-state index contributed by atoms with van der Waals surface area (Å²) in [5.41, 5.74) is 4.97. The van der Waals surface area contributed by atoms with E-state index in [2.05, 4.69) is 37.4 Å². The Kier molecular flexibility index (Phi) is 4.72. The van der Waals surface area contributed by atoms with Crippen molar-refractivity contribution in [3.8, 4) is 0 Å². The summed E-state index contributed by atoms with van der Waals surface area (Å²) in [6, 6.07) is 16.5. The van der Waals surface area contributed by atoms with Gasteiger partial charge < -0.3 is 10.4 Å². The summed E-state index contributed by atoms with van der Waals surface area (Å²) in [4.78, 5) is 0. The fraction of sp³-hybridized carbons (Fsp3) is 0.294. The summed E-state index contributed by atoms with van der Waals surface area (Å²) in [6.45, 7) is 5.10. The van der Waals surface area contributed by atoms with Crippen LogP contribution in [0.4, 0.5) is 0 Å². The molecule has 100 valence electrons. The van der Waals surface area contributed by atoms with Crippen molar-refractivity contribution in [1.29, 1.82) is 0 Å². The highest BCUT2D eigenvalue weighted by molar-refractivity contribution is 5.30. The van der Waals surface area contributed by atoms with E-state index in [0.717, 1.165) is 12.1 Å². The van der Waals surface area contributed by atoms with Crippen LogP contribution >= 0.6 is 0 Å². The molecular formula is C17H21NO. The summed E-state index contributed by atoms with van der Waals surface area (Å²) >= 11 is 0. The van der Waals surface area contributed by atoms with Crippen LogP contribution in [-0.2, 0) is 6.54 Å². The van der Waals surface area contributed by atoms with E-state index in [0.29, 0.717) is 0 Å². The molecule has 2 aromatic rings. The Balaban J connectivity index is 2.04. The van der Waals surface area contributed by atoms with Gasteiger partial charge in [-0.15, -0.1) is 0 Å². The first kappa shape index (κ1) is 13.8. The molecule has 0 heterocycles. The normalized spacial score (nSPS) is 12.4. The molecule has 0 bridgehead atoms. The summed E-state index contributed by atoms with van der Waals surface area (Å²) in [5, 5.41) is 12.9. The molecule has 0 saturated carbocycles. The fourth-order valence-corrected chi connectivity index (χ4v) is 2.25. The lowest BCUT2D eigenvalue weighted by Crippen LogP contribution is -2.24. The van der Waals surface area contributed by atoms with Gasteiger partial charge in [-0.2, -0.15) is 0 Å². The Bertz CT molecular complexity index is 522. The van der Waals surface area contributed by atoms with E-state index >= 15 is 0 Å². The molecule has 2 aromatic carbocycles. The van der Waals surface area contributed by atoms with E-state index < -0.39 is 0 Å². The molecule has 0 radical (unpaired) electrons. The second-order valence-electron chi connectivity index (χ2n) is 4.96. The zero-order chi connectivity index (χ0) is 13.7. The van der Waals surface area contributed by atoms with Gasteiger partial charge >= 0.3 is 0 Å². The molecule has 0 aromatic heterocycles. The van der Waals surface area contributed by atoms with Crippen LogP contribution in [0.3, 0.4) is 0 Å². The highest BCUT2D eigenvalue weighted by Crippen LogP contribution is 2.15. The van der Waals surface area contributed by atoms with Crippen LogP contribution in [0, 0.1) is 13.8 Å². The van der Waals surface area contributed by atoms with E-state index in [1.54, 1.807) is 0 Å². The van der Waals surface area contributed by atoms with Crippen LogP contribution in [0.1, 0.15) is 28.3 Å². The number of aliphatic hydroxyl groups excluding tert-OH is 1. The second kappa shape index (κ2) is 6.50. The molecule has 0 aliphatic carbocycles. The van der Waals surface area contributed by atoms with E-state index in [9.17, 15) is 5.11 Å². The molecular weight excluding hydrogens is 234 g/mol. The number of aliphatic hydroxyl groups is 1. The topological polar surface area (TPSA) is 32.3 Å². The van der Waals surface area contributed by atoms with Gasteiger partial charge in [-0.25, -0.2) is 0 Å². The maximum absolute atomic E-state index is 9.51. The summed E-state index contributed by atoms with van der Waals surface area (Å²) < 4.78 is 0. The van der Waals surface area contributed by atoms with Gasteiger partial charge in [-0.05, 0) is 30.5 Å². The van der Waals surface area contributed by atoms with Crippen LogP contribution in [0.2, 0.25) is 0 Å². The van der Waals surface area contributed by atoms with E-state index in [1.807, 2.05) is 30.3 Å². The van der Waals surface area contributed by atoms with Gasteiger partial charge in [-0.3, -0.25) is 0 Å². The number of hydrogen-bond acceptors (Lipinski definition) is 2. The molecule has 1 atom stereocenters. The SMILES string of the molecule is Cc1ccc(CN[C@@H](CO)c2ccccc2)c(C)c1. The third-order valence-electron chi connectivity index (χ3n) is 3.42. The molecule has 0 aliphatic rings. The monoisotopic (exact) mass is 255 g/mol. The van der Waals surface area contributed by atoms with Crippen molar-refractivity contribution in [3.05, 3.63) is 70.8 Å². The first-order chi connectivity index (χ1) is 9.20. The van der Waals surface area contributed by atoms with Crippen LogP contribution in [0.25, 0.3) is 0 Å². The smallest absolute Gasteiger partial charge is 0.0626 e. The highest BCUT2D eigenvalue weighted by atomic mass is 16.3. The van der Waals surface area contributed by atoms with Gasteiger partial charge in [0.05, 0.1) is 12.6 Å². The van der Waals surface area contributed by atoms with Crippen LogP contribution < -0.4 is 5.32 Å². The van der Waals surface area contributed by atoms with Gasteiger partial charge in [-0.1, -0.05) is 54.1 Å². The first-order valence-electron chi connectivity index (χ1n) is 6.66. The number of aryl methyl sites for hydroxylation is 2. The average Bonchev–Trinajstić information content (AvgIpc) is 2.43. The largest absolute Gasteiger partial charge is 0.394 e. The van der Waals surface area contributed by atoms with Crippen molar-refractivity contribution in [2.45, 2.75) is 26.4 Å². The minimum atomic E-state index is -0.0121. The molecule has 0 unspecified atom stereocenters. The summed E-state index contributed by atoms with van der Waals surface area (Å²) in [5.74, 6) is 0. The molecule has 2 nitrogen and oxygen atoms in total. The van der Waals surface area contributed by atoms with Crippen molar-refractivity contribution in [1.82, 2.24) is 5.32 Å². The minimum Gasteiger partial charge on any atom is -0.394 e. The molecule has 0 amide bonds.